The van der Waals surface area contributed by atoms with Crippen molar-refractivity contribution in [2.24, 2.45) is 0 Å². The number of aryl methyl sites for hydroxylation is 1. The number of phenols is 2. The topological polar surface area (TPSA) is 177 Å². The third kappa shape index (κ3) is 6.36. The Morgan fingerprint density at radius 3 is 2.71 bits per heavy atom. The summed E-state index contributed by atoms with van der Waals surface area (Å²) in [5.41, 5.74) is 6.48. The minimum absolute atomic E-state index is 0.00259. The highest BCUT2D eigenvalue weighted by Gasteiger charge is 2.46. The van der Waals surface area contributed by atoms with E-state index in [2.05, 4.69) is 10.3 Å². The van der Waals surface area contributed by atoms with Crippen LogP contribution in [0.25, 0.3) is 22.1 Å². The number of nitrogens with one attached hydrogen (secondary N) is 1. The van der Waals surface area contributed by atoms with Crippen molar-refractivity contribution in [2.75, 3.05) is 19.3 Å². The van der Waals surface area contributed by atoms with Gasteiger partial charge in [0, 0.05) is 29.8 Å². The number of nitrogens with two attached hydrogens (primary N) is 1. The molecule has 0 saturated carbocycles. The predicted octanol–water partition coefficient (Wildman–Crippen LogP) is 4.13. The van der Waals surface area contributed by atoms with Crippen LogP contribution in [0.15, 0.2) is 69.5 Å². The SMILES string of the molecule is C/C=C(/CCNC)C(=O)O[C@@H]1Cc2c(c(-c3cccc(O)c3)c3oc(CO)cc(=O)c3c2O)O[C@@]1(C)CCc1ccc(N)nc1. The average molecular weight is 616 g/mol. The van der Waals surface area contributed by atoms with Crippen LogP contribution in [0, 0.1) is 0 Å². The number of aliphatic hydroxyl groups is 1. The Morgan fingerprint density at radius 1 is 1.24 bits per heavy atom. The Morgan fingerprint density at radius 2 is 2.04 bits per heavy atom. The van der Waals surface area contributed by atoms with Crippen molar-refractivity contribution in [1.29, 1.82) is 0 Å². The van der Waals surface area contributed by atoms with Gasteiger partial charge < -0.3 is 40.3 Å². The fourth-order valence-electron chi connectivity index (χ4n) is 5.64. The Balaban J connectivity index is 1.69. The molecule has 0 amide bonds. The molecule has 2 atom stereocenters. The number of nitrogen functional groups attached to an aromatic ring is 1. The van der Waals surface area contributed by atoms with E-state index in [1.807, 2.05) is 13.0 Å². The van der Waals surface area contributed by atoms with Gasteiger partial charge in [-0.2, -0.15) is 0 Å². The van der Waals surface area contributed by atoms with Crippen LogP contribution in [0.3, 0.4) is 0 Å². The largest absolute Gasteiger partial charge is 0.508 e. The highest BCUT2D eigenvalue weighted by Crippen LogP contribution is 2.51. The predicted molar refractivity (Wildman–Crippen MR) is 169 cm³/mol. The molecule has 1 aliphatic rings. The molecule has 1 aliphatic heterocycles. The van der Waals surface area contributed by atoms with E-state index in [-0.39, 0.29) is 46.0 Å². The molecule has 0 spiro atoms. The van der Waals surface area contributed by atoms with Gasteiger partial charge in [-0.05, 0) is 76.0 Å². The minimum Gasteiger partial charge on any atom is -0.508 e. The number of ether oxygens (including phenoxy) is 2. The molecule has 0 unspecified atom stereocenters. The number of benzene rings is 2. The molecule has 0 bridgehead atoms. The van der Waals surface area contributed by atoms with E-state index in [0.29, 0.717) is 48.3 Å². The molecular weight excluding hydrogens is 578 g/mol. The zero-order valence-corrected chi connectivity index (χ0v) is 25.4. The first kappa shape index (κ1) is 31.6. The second kappa shape index (κ2) is 13.0. The van der Waals surface area contributed by atoms with Gasteiger partial charge in [-0.25, -0.2) is 9.78 Å². The molecule has 0 aliphatic carbocycles. The Kier molecular flexibility index (Phi) is 9.12. The van der Waals surface area contributed by atoms with E-state index in [9.17, 15) is 24.9 Å². The van der Waals surface area contributed by atoms with Gasteiger partial charge >= 0.3 is 5.97 Å². The molecule has 236 valence electrons. The maximum Gasteiger partial charge on any atom is 0.334 e. The maximum absolute atomic E-state index is 13.4. The lowest BCUT2D eigenvalue weighted by Crippen LogP contribution is -2.51. The second-order valence-electron chi connectivity index (χ2n) is 11.3. The van der Waals surface area contributed by atoms with Crippen molar-refractivity contribution in [1.82, 2.24) is 10.3 Å². The fraction of sp³-hybridized carbons (Fsp3) is 0.324. The van der Waals surface area contributed by atoms with Crippen LogP contribution in [0.4, 0.5) is 5.82 Å². The lowest BCUT2D eigenvalue weighted by Gasteiger charge is -2.43. The van der Waals surface area contributed by atoms with Gasteiger partial charge in [-0.1, -0.05) is 24.3 Å². The number of carbonyl (C=O) groups excluding carboxylic acids is 1. The summed E-state index contributed by atoms with van der Waals surface area (Å²) in [6.07, 6.45) is 3.86. The molecular formula is C34H37N3O8. The van der Waals surface area contributed by atoms with Crippen molar-refractivity contribution >= 4 is 22.8 Å². The molecule has 5 rings (SSSR count). The average Bonchev–Trinajstić information content (AvgIpc) is 3.02. The summed E-state index contributed by atoms with van der Waals surface area (Å²) in [6.45, 7) is 3.63. The Hall–Kier alpha value is -4.87. The van der Waals surface area contributed by atoms with Crippen LogP contribution in [-0.2, 0) is 29.0 Å². The monoisotopic (exact) mass is 615 g/mol. The Labute approximate surface area is 259 Å². The van der Waals surface area contributed by atoms with Gasteiger partial charge in [0.1, 0.15) is 52.5 Å². The number of aliphatic hydroxyl groups excluding tert-OH is 1. The van der Waals surface area contributed by atoms with Crippen molar-refractivity contribution in [3.8, 4) is 28.4 Å². The number of allylic oxidation sites excluding steroid dienone is 1. The number of anilines is 1. The van der Waals surface area contributed by atoms with Crippen molar-refractivity contribution in [2.45, 2.75) is 57.8 Å². The lowest BCUT2D eigenvalue weighted by atomic mass is 9.82. The first-order chi connectivity index (χ1) is 21.6. The standard InChI is InChI=1S/C34H37N3O8/c1-4-20(11-13-36-3)33(42)44-26-16-24-30(41)29-25(40)15-23(18-38)43-32(29)28(21-6-5-7-22(39)14-21)31(24)45-34(26,2)12-10-19-8-9-27(35)37-17-19/h4-9,14-15,17,26,36,38-39,41H,10-13,16,18H2,1-3H3,(H2,35,37)/b20-4-/t26-,34+/m1/s1. The van der Waals surface area contributed by atoms with Gasteiger partial charge in [0.25, 0.3) is 0 Å². The number of aromatic hydroxyl groups is 2. The lowest BCUT2D eigenvalue weighted by molar-refractivity contribution is -0.159. The zero-order valence-electron chi connectivity index (χ0n) is 25.4. The number of rotatable bonds is 10. The van der Waals surface area contributed by atoms with Crippen LogP contribution in [0.2, 0.25) is 0 Å². The molecule has 11 nitrogen and oxygen atoms in total. The van der Waals surface area contributed by atoms with E-state index in [0.717, 1.165) is 11.6 Å². The van der Waals surface area contributed by atoms with Gasteiger partial charge in [-0.3, -0.25) is 4.79 Å². The van der Waals surface area contributed by atoms with Crippen LogP contribution >= 0.6 is 0 Å². The number of pyridine rings is 1. The molecule has 0 radical (unpaired) electrons. The number of hydrogen-bond acceptors (Lipinski definition) is 11. The second-order valence-corrected chi connectivity index (χ2v) is 11.3. The van der Waals surface area contributed by atoms with E-state index in [1.165, 1.54) is 12.1 Å². The molecule has 6 N–H and O–H groups in total. The third-order valence-corrected chi connectivity index (χ3v) is 8.21. The molecule has 3 heterocycles. The number of fused-ring (bicyclic) bond motifs is 2. The molecule has 45 heavy (non-hydrogen) atoms. The number of phenolic OH excluding ortho intramolecular Hbond substituents is 2. The van der Waals surface area contributed by atoms with Crippen molar-refractivity contribution < 1.29 is 34.0 Å². The first-order valence-corrected chi connectivity index (χ1v) is 14.7. The van der Waals surface area contributed by atoms with E-state index in [4.69, 9.17) is 19.6 Å². The number of nitrogens with zero attached hydrogens (tertiary/aromatic N) is 1. The first-order valence-electron chi connectivity index (χ1n) is 14.7. The summed E-state index contributed by atoms with van der Waals surface area (Å²) in [5.74, 6) is -0.308. The van der Waals surface area contributed by atoms with Gasteiger partial charge in [0.15, 0.2) is 11.0 Å². The number of esters is 1. The zero-order chi connectivity index (χ0) is 32.3. The molecule has 0 fully saturated rings. The van der Waals surface area contributed by atoms with Crippen LogP contribution < -0.4 is 21.2 Å². The van der Waals surface area contributed by atoms with Gasteiger partial charge in [0.2, 0.25) is 0 Å². The summed E-state index contributed by atoms with van der Waals surface area (Å²) < 4.78 is 18.9. The highest BCUT2D eigenvalue weighted by atomic mass is 16.6. The summed E-state index contributed by atoms with van der Waals surface area (Å²) in [7, 11) is 1.80. The number of hydrogen-bond donors (Lipinski definition) is 5. The van der Waals surface area contributed by atoms with Gasteiger partial charge in [0.05, 0.1) is 5.56 Å². The summed E-state index contributed by atoms with van der Waals surface area (Å²) >= 11 is 0. The van der Waals surface area contributed by atoms with Crippen LogP contribution in [-0.4, -0.2) is 51.6 Å². The molecule has 4 aromatic rings. The summed E-state index contributed by atoms with van der Waals surface area (Å²) in [6, 6.07) is 11.0. The molecule has 2 aromatic heterocycles. The van der Waals surface area contributed by atoms with Crippen molar-refractivity contribution in [3.63, 3.8) is 0 Å². The van der Waals surface area contributed by atoms with Crippen LogP contribution in [0.1, 0.15) is 43.6 Å². The maximum atomic E-state index is 13.4. The summed E-state index contributed by atoms with van der Waals surface area (Å²) in [4.78, 5) is 30.9. The van der Waals surface area contributed by atoms with E-state index in [1.54, 1.807) is 44.4 Å². The minimum atomic E-state index is -1.13. The van der Waals surface area contributed by atoms with Crippen molar-refractivity contribution in [3.05, 3.63) is 87.4 Å². The number of carbonyl (C=O) groups is 1. The normalized spacial score (nSPS) is 18.0. The van der Waals surface area contributed by atoms with Crippen LogP contribution in [0.5, 0.6) is 17.2 Å². The quantitative estimate of drug-likeness (QED) is 0.128. The molecule has 11 heteroatoms. The molecule has 2 aromatic carbocycles. The summed E-state index contributed by atoms with van der Waals surface area (Å²) in [5, 5.41) is 34.7. The molecule has 0 saturated heterocycles. The smallest absolute Gasteiger partial charge is 0.334 e. The van der Waals surface area contributed by atoms with E-state index >= 15 is 0 Å². The third-order valence-electron chi connectivity index (χ3n) is 8.21. The van der Waals surface area contributed by atoms with Gasteiger partial charge in [-0.15, -0.1) is 0 Å². The Bertz CT molecular complexity index is 1820. The number of aromatic nitrogens is 1. The highest BCUT2D eigenvalue weighted by molar-refractivity contribution is 6.01. The van der Waals surface area contributed by atoms with E-state index < -0.39 is 29.7 Å². The fourth-order valence-corrected chi connectivity index (χ4v) is 5.64.